The number of carbonyl (C=O) groups is 1. The first-order valence-electron chi connectivity index (χ1n) is 8.23. The summed E-state index contributed by atoms with van der Waals surface area (Å²) in [5.74, 6) is -0.111. The number of carbonyl (C=O) groups excluding carboxylic acids is 1. The number of halogens is 1. The molecule has 1 amide bonds. The van der Waals surface area contributed by atoms with Crippen LogP contribution in [0.15, 0.2) is 24.3 Å². The molecule has 2 rings (SSSR count). The molecule has 1 heterocycles. The molecule has 1 aromatic carbocycles. The highest BCUT2D eigenvalue weighted by Crippen LogP contribution is 2.20. The van der Waals surface area contributed by atoms with Gasteiger partial charge >= 0.3 is 0 Å². The minimum absolute atomic E-state index is 0.0309. The highest BCUT2D eigenvalue weighted by molar-refractivity contribution is 5.75. The lowest BCUT2D eigenvalue weighted by Gasteiger charge is -2.35. The van der Waals surface area contributed by atoms with Gasteiger partial charge in [-0.1, -0.05) is 12.1 Å². The molecular formula is C18H27FN2O. The van der Waals surface area contributed by atoms with Gasteiger partial charge in [0.15, 0.2) is 0 Å². The summed E-state index contributed by atoms with van der Waals surface area (Å²) in [6, 6.07) is 6.50. The van der Waals surface area contributed by atoms with Crippen LogP contribution in [0.25, 0.3) is 0 Å². The maximum Gasteiger partial charge on any atom is 0.220 e. The number of hydrogen-bond donors (Lipinski definition) is 1. The first-order valence-corrected chi connectivity index (χ1v) is 8.23. The Morgan fingerprint density at radius 1 is 1.23 bits per heavy atom. The Labute approximate surface area is 132 Å². The van der Waals surface area contributed by atoms with Crippen LogP contribution in [0, 0.1) is 5.82 Å². The van der Waals surface area contributed by atoms with E-state index in [-0.39, 0.29) is 17.3 Å². The lowest BCUT2D eigenvalue weighted by Crippen LogP contribution is -2.50. The summed E-state index contributed by atoms with van der Waals surface area (Å²) in [4.78, 5) is 14.4. The van der Waals surface area contributed by atoms with Crippen molar-refractivity contribution >= 4 is 5.91 Å². The Morgan fingerprint density at radius 3 is 2.50 bits per heavy atom. The predicted octanol–water partition coefficient (Wildman–Crippen LogP) is 3.14. The molecule has 0 radical (unpaired) electrons. The number of aryl methyl sites for hydroxylation is 1. The Morgan fingerprint density at radius 2 is 1.86 bits per heavy atom. The summed E-state index contributed by atoms with van der Waals surface area (Å²) in [6.45, 7) is 7.34. The van der Waals surface area contributed by atoms with Crippen molar-refractivity contribution in [2.24, 2.45) is 0 Å². The van der Waals surface area contributed by atoms with Gasteiger partial charge in [-0.05, 0) is 70.3 Å². The highest BCUT2D eigenvalue weighted by Gasteiger charge is 2.29. The molecule has 0 aromatic heterocycles. The van der Waals surface area contributed by atoms with E-state index in [1.165, 1.54) is 25.0 Å². The molecule has 1 aliphatic heterocycles. The molecule has 1 aromatic rings. The van der Waals surface area contributed by atoms with E-state index in [4.69, 9.17) is 0 Å². The standard InChI is InChI=1S/C18H27FN2O/c1-18(2,21-12-3-4-13-21)14-20-17(22)7-5-6-15-8-10-16(19)11-9-15/h8-11H,3-7,12-14H2,1-2H3,(H,20,22). The van der Waals surface area contributed by atoms with Crippen LogP contribution in [0.3, 0.4) is 0 Å². The summed E-state index contributed by atoms with van der Waals surface area (Å²) < 4.78 is 12.8. The minimum Gasteiger partial charge on any atom is -0.354 e. The van der Waals surface area contributed by atoms with Crippen LogP contribution >= 0.6 is 0 Å². The Bertz CT molecular complexity index is 478. The lowest BCUT2D eigenvalue weighted by atomic mass is 10.0. The molecule has 0 aliphatic carbocycles. The van der Waals surface area contributed by atoms with Crippen LogP contribution in [0.2, 0.25) is 0 Å². The number of hydrogen-bond acceptors (Lipinski definition) is 2. The summed E-state index contributed by atoms with van der Waals surface area (Å²) in [5.41, 5.74) is 1.11. The van der Waals surface area contributed by atoms with E-state index in [0.29, 0.717) is 13.0 Å². The first kappa shape index (κ1) is 16.9. The quantitative estimate of drug-likeness (QED) is 0.839. The summed E-state index contributed by atoms with van der Waals surface area (Å²) in [7, 11) is 0. The second-order valence-corrected chi connectivity index (χ2v) is 6.76. The maximum absolute atomic E-state index is 12.8. The van der Waals surface area contributed by atoms with Crippen LogP contribution in [0.1, 0.15) is 45.1 Å². The summed E-state index contributed by atoms with van der Waals surface area (Å²) >= 11 is 0. The van der Waals surface area contributed by atoms with Crippen molar-refractivity contribution in [2.45, 2.75) is 51.5 Å². The van der Waals surface area contributed by atoms with Crippen LogP contribution in [-0.4, -0.2) is 36.0 Å². The molecule has 22 heavy (non-hydrogen) atoms. The molecule has 122 valence electrons. The van der Waals surface area contributed by atoms with Gasteiger partial charge < -0.3 is 5.32 Å². The molecule has 0 unspecified atom stereocenters. The van der Waals surface area contributed by atoms with Crippen molar-refractivity contribution < 1.29 is 9.18 Å². The predicted molar refractivity (Wildman–Crippen MR) is 87.2 cm³/mol. The molecule has 3 nitrogen and oxygen atoms in total. The number of nitrogens with zero attached hydrogens (tertiary/aromatic N) is 1. The van der Waals surface area contributed by atoms with Gasteiger partial charge in [0.25, 0.3) is 0 Å². The fourth-order valence-corrected chi connectivity index (χ4v) is 2.94. The van der Waals surface area contributed by atoms with Gasteiger partial charge in [0.05, 0.1) is 0 Å². The van der Waals surface area contributed by atoms with Crippen molar-refractivity contribution in [2.75, 3.05) is 19.6 Å². The lowest BCUT2D eigenvalue weighted by molar-refractivity contribution is -0.121. The summed E-state index contributed by atoms with van der Waals surface area (Å²) in [5, 5.41) is 3.05. The van der Waals surface area contributed by atoms with Gasteiger partial charge in [-0.25, -0.2) is 4.39 Å². The Kier molecular flexibility index (Phi) is 5.95. The fourth-order valence-electron chi connectivity index (χ4n) is 2.94. The topological polar surface area (TPSA) is 32.3 Å². The van der Waals surface area contributed by atoms with Crippen molar-refractivity contribution in [1.82, 2.24) is 10.2 Å². The molecule has 1 aliphatic rings. The van der Waals surface area contributed by atoms with Crippen molar-refractivity contribution in [3.05, 3.63) is 35.6 Å². The largest absolute Gasteiger partial charge is 0.354 e. The van der Waals surface area contributed by atoms with Gasteiger partial charge in [0.2, 0.25) is 5.91 Å². The summed E-state index contributed by atoms with van der Waals surface area (Å²) in [6.07, 6.45) is 4.64. The van der Waals surface area contributed by atoms with E-state index in [1.807, 2.05) is 0 Å². The third-order valence-electron chi connectivity index (χ3n) is 4.46. The Hall–Kier alpha value is -1.42. The number of rotatable bonds is 7. The number of amides is 1. The highest BCUT2D eigenvalue weighted by atomic mass is 19.1. The van der Waals surface area contributed by atoms with Crippen LogP contribution in [0.4, 0.5) is 4.39 Å². The molecule has 0 bridgehead atoms. The van der Waals surface area contributed by atoms with E-state index in [0.717, 1.165) is 31.5 Å². The van der Waals surface area contributed by atoms with E-state index in [1.54, 1.807) is 12.1 Å². The van der Waals surface area contributed by atoms with E-state index in [2.05, 4.69) is 24.1 Å². The molecule has 1 saturated heterocycles. The first-order chi connectivity index (χ1) is 10.5. The van der Waals surface area contributed by atoms with Gasteiger partial charge in [-0.15, -0.1) is 0 Å². The zero-order valence-corrected chi connectivity index (χ0v) is 13.7. The second kappa shape index (κ2) is 7.73. The van der Waals surface area contributed by atoms with Crippen LogP contribution in [0.5, 0.6) is 0 Å². The Balaban J connectivity index is 1.66. The molecule has 4 heteroatoms. The van der Waals surface area contributed by atoms with Crippen molar-refractivity contribution in [1.29, 1.82) is 0 Å². The molecule has 0 atom stereocenters. The second-order valence-electron chi connectivity index (χ2n) is 6.76. The van der Waals surface area contributed by atoms with Crippen molar-refractivity contribution in [3.8, 4) is 0 Å². The van der Waals surface area contributed by atoms with Crippen LogP contribution in [-0.2, 0) is 11.2 Å². The number of likely N-dealkylation sites (tertiary alicyclic amines) is 1. The van der Waals surface area contributed by atoms with Gasteiger partial charge in [-0.3, -0.25) is 9.69 Å². The smallest absolute Gasteiger partial charge is 0.220 e. The SMILES string of the molecule is CC(C)(CNC(=O)CCCc1ccc(F)cc1)N1CCCC1. The zero-order chi connectivity index (χ0) is 16.0. The van der Waals surface area contributed by atoms with Gasteiger partial charge in [0.1, 0.15) is 5.82 Å². The zero-order valence-electron chi connectivity index (χ0n) is 13.7. The molecular weight excluding hydrogens is 279 g/mol. The normalized spacial score (nSPS) is 16.0. The van der Waals surface area contributed by atoms with Crippen LogP contribution < -0.4 is 5.32 Å². The van der Waals surface area contributed by atoms with E-state index in [9.17, 15) is 9.18 Å². The fraction of sp³-hybridized carbons (Fsp3) is 0.611. The average Bonchev–Trinajstić information content (AvgIpc) is 3.02. The van der Waals surface area contributed by atoms with Gasteiger partial charge in [-0.2, -0.15) is 0 Å². The number of benzene rings is 1. The van der Waals surface area contributed by atoms with E-state index >= 15 is 0 Å². The maximum atomic E-state index is 12.8. The molecule has 0 saturated carbocycles. The average molecular weight is 306 g/mol. The third-order valence-corrected chi connectivity index (χ3v) is 4.46. The monoisotopic (exact) mass is 306 g/mol. The molecule has 1 N–H and O–H groups in total. The third kappa shape index (κ3) is 5.09. The van der Waals surface area contributed by atoms with Crippen molar-refractivity contribution in [3.63, 3.8) is 0 Å². The minimum atomic E-state index is -0.217. The molecule has 0 spiro atoms. The van der Waals surface area contributed by atoms with E-state index < -0.39 is 0 Å². The molecule has 1 fully saturated rings. The number of nitrogens with one attached hydrogen (secondary N) is 1. The van der Waals surface area contributed by atoms with Gasteiger partial charge in [0, 0.05) is 18.5 Å².